The van der Waals surface area contributed by atoms with Crippen LogP contribution in [0.4, 0.5) is 0 Å². The first-order valence-corrected chi connectivity index (χ1v) is 7.35. The van der Waals surface area contributed by atoms with Crippen LogP contribution in [0.5, 0.6) is 0 Å². The van der Waals surface area contributed by atoms with Gasteiger partial charge in [0.15, 0.2) is 0 Å². The number of nitrogens with one attached hydrogen (secondary N) is 1. The molecule has 0 spiro atoms. The molecule has 2 nitrogen and oxygen atoms in total. The van der Waals surface area contributed by atoms with E-state index >= 15 is 0 Å². The molecule has 0 aliphatic heterocycles. The first kappa shape index (κ1) is 14.4. The van der Waals surface area contributed by atoms with Crippen molar-refractivity contribution in [3.05, 3.63) is 35.4 Å². The van der Waals surface area contributed by atoms with Crippen LogP contribution in [0.2, 0.25) is 0 Å². The van der Waals surface area contributed by atoms with Crippen LogP contribution in [0.15, 0.2) is 24.3 Å². The van der Waals surface area contributed by atoms with Gasteiger partial charge >= 0.3 is 0 Å². The van der Waals surface area contributed by atoms with Crippen molar-refractivity contribution in [3.8, 4) is 0 Å². The SMILES string of the molecule is CC(C)(C)c1ccccc1C(=O)NCC1(CCl)CC1. The molecule has 0 saturated heterocycles. The molecule has 0 radical (unpaired) electrons. The highest BCUT2D eigenvalue weighted by Crippen LogP contribution is 2.45. The van der Waals surface area contributed by atoms with E-state index < -0.39 is 0 Å². The highest BCUT2D eigenvalue weighted by Gasteiger charge is 2.42. The predicted molar refractivity (Wildman–Crippen MR) is 79.9 cm³/mol. The Morgan fingerprint density at radius 2 is 1.95 bits per heavy atom. The summed E-state index contributed by atoms with van der Waals surface area (Å²) in [5.41, 5.74) is 1.99. The van der Waals surface area contributed by atoms with E-state index in [1.807, 2.05) is 24.3 Å². The maximum absolute atomic E-state index is 12.3. The van der Waals surface area contributed by atoms with Crippen LogP contribution in [0.3, 0.4) is 0 Å². The number of hydrogen-bond acceptors (Lipinski definition) is 1. The lowest BCUT2D eigenvalue weighted by Gasteiger charge is -2.23. The second-order valence-electron chi connectivity index (χ2n) is 6.61. The molecule has 1 amide bonds. The Bertz CT molecular complexity index is 472. The fourth-order valence-electron chi connectivity index (χ4n) is 2.23. The Kier molecular flexibility index (Phi) is 3.91. The molecule has 1 aromatic carbocycles. The van der Waals surface area contributed by atoms with E-state index in [4.69, 9.17) is 11.6 Å². The molecule has 1 aliphatic carbocycles. The van der Waals surface area contributed by atoms with Gasteiger partial charge in [0.05, 0.1) is 0 Å². The third-order valence-corrected chi connectivity index (χ3v) is 4.41. The van der Waals surface area contributed by atoms with Gasteiger partial charge in [0.25, 0.3) is 5.91 Å². The standard InChI is InChI=1S/C16H22ClNO/c1-15(2,3)13-7-5-4-6-12(13)14(19)18-11-16(10-17)8-9-16/h4-7H,8-11H2,1-3H3,(H,18,19). The van der Waals surface area contributed by atoms with Crippen molar-refractivity contribution in [1.29, 1.82) is 0 Å². The van der Waals surface area contributed by atoms with Gasteiger partial charge in [-0.25, -0.2) is 0 Å². The zero-order chi connectivity index (χ0) is 14.1. The molecule has 2 rings (SSSR count). The van der Waals surface area contributed by atoms with Gasteiger partial charge in [-0.2, -0.15) is 0 Å². The molecule has 3 heteroatoms. The summed E-state index contributed by atoms with van der Waals surface area (Å²) < 4.78 is 0. The molecule has 0 aromatic heterocycles. The van der Waals surface area contributed by atoms with E-state index in [0.717, 1.165) is 24.0 Å². The number of hydrogen-bond donors (Lipinski definition) is 1. The minimum atomic E-state index is -0.0301. The molecule has 1 saturated carbocycles. The third-order valence-electron chi connectivity index (χ3n) is 3.84. The summed E-state index contributed by atoms with van der Waals surface area (Å²) in [7, 11) is 0. The Balaban J connectivity index is 2.11. The minimum Gasteiger partial charge on any atom is -0.351 e. The van der Waals surface area contributed by atoms with Crippen molar-refractivity contribution < 1.29 is 4.79 Å². The van der Waals surface area contributed by atoms with Gasteiger partial charge in [-0.3, -0.25) is 4.79 Å². The molecule has 1 fully saturated rings. The average Bonchev–Trinajstić information content (AvgIpc) is 3.16. The normalized spacial score (nSPS) is 17.1. The van der Waals surface area contributed by atoms with E-state index in [-0.39, 0.29) is 16.7 Å². The molecule has 19 heavy (non-hydrogen) atoms. The maximum atomic E-state index is 12.3. The summed E-state index contributed by atoms with van der Waals surface area (Å²) in [4.78, 5) is 12.3. The Morgan fingerprint density at radius 1 is 1.32 bits per heavy atom. The number of carbonyl (C=O) groups excluding carboxylic acids is 1. The molecule has 1 aromatic rings. The van der Waals surface area contributed by atoms with Gasteiger partial charge in [-0.1, -0.05) is 39.0 Å². The van der Waals surface area contributed by atoms with Crippen LogP contribution < -0.4 is 5.32 Å². The van der Waals surface area contributed by atoms with Crippen LogP contribution in [0.25, 0.3) is 0 Å². The quantitative estimate of drug-likeness (QED) is 0.836. The molecular formula is C16H22ClNO. The zero-order valence-electron chi connectivity index (χ0n) is 11.9. The van der Waals surface area contributed by atoms with E-state index in [9.17, 15) is 4.79 Å². The van der Waals surface area contributed by atoms with Gasteiger partial charge in [-0.15, -0.1) is 11.6 Å². The van der Waals surface area contributed by atoms with E-state index in [1.54, 1.807) is 0 Å². The van der Waals surface area contributed by atoms with E-state index in [0.29, 0.717) is 12.4 Å². The zero-order valence-corrected chi connectivity index (χ0v) is 12.7. The van der Waals surface area contributed by atoms with Crippen molar-refractivity contribution in [2.75, 3.05) is 12.4 Å². The number of alkyl halides is 1. The van der Waals surface area contributed by atoms with Crippen molar-refractivity contribution in [3.63, 3.8) is 0 Å². The first-order valence-electron chi connectivity index (χ1n) is 6.82. The lowest BCUT2D eigenvalue weighted by molar-refractivity contribution is 0.0944. The molecule has 0 bridgehead atoms. The monoisotopic (exact) mass is 279 g/mol. The predicted octanol–water partition coefficient (Wildman–Crippen LogP) is 3.73. The second-order valence-corrected chi connectivity index (χ2v) is 6.88. The highest BCUT2D eigenvalue weighted by atomic mass is 35.5. The molecular weight excluding hydrogens is 258 g/mol. The van der Waals surface area contributed by atoms with Gasteiger partial charge in [0.2, 0.25) is 0 Å². The Hall–Kier alpha value is -1.02. The smallest absolute Gasteiger partial charge is 0.251 e. The lowest BCUT2D eigenvalue weighted by Crippen LogP contribution is -2.32. The largest absolute Gasteiger partial charge is 0.351 e. The van der Waals surface area contributed by atoms with Crippen molar-refractivity contribution in [2.45, 2.75) is 39.0 Å². The lowest BCUT2D eigenvalue weighted by atomic mass is 9.83. The van der Waals surface area contributed by atoms with E-state index in [2.05, 4.69) is 26.1 Å². The van der Waals surface area contributed by atoms with Gasteiger partial charge < -0.3 is 5.32 Å². The minimum absolute atomic E-state index is 0.0157. The number of amides is 1. The molecule has 0 unspecified atom stereocenters. The van der Waals surface area contributed by atoms with Crippen LogP contribution in [-0.4, -0.2) is 18.3 Å². The van der Waals surface area contributed by atoms with Crippen molar-refractivity contribution in [2.24, 2.45) is 5.41 Å². The highest BCUT2D eigenvalue weighted by molar-refractivity contribution is 6.18. The molecule has 1 aliphatic rings. The third kappa shape index (κ3) is 3.30. The molecule has 104 valence electrons. The molecule has 0 atom stereocenters. The Morgan fingerprint density at radius 3 is 2.47 bits per heavy atom. The van der Waals surface area contributed by atoms with E-state index in [1.165, 1.54) is 0 Å². The summed E-state index contributed by atoms with van der Waals surface area (Å²) in [5.74, 6) is 0.649. The summed E-state index contributed by atoms with van der Waals surface area (Å²) in [6, 6.07) is 7.83. The topological polar surface area (TPSA) is 29.1 Å². The van der Waals surface area contributed by atoms with Crippen molar-refractivity contribution in [1.82, 2.24) is 5.32 Å². The summed E-state index contributed by atoms with van der Waals surface area (Å²) in [6.45, 7) is 7.06. The summed E-state index contributed by atoms with van der Waals surface area (Å²) >= 11 is 5.94. The van der Waals surface area contributed by atoms with Gasteiger partial charge in [-0.05, 0) is 29.9 Å². The fraction of sp³-hybridized carbons (Fsp3) is 0.562. The molecule has 0 heterocycles. The maximum Gasteiger partial charge on any atom is 0.251 e. The number of rotatable bonds is 4. The first-order chi connectivity index (χ1) is 8.88. The average molecular weight is 280 g/mol. The van der Waals surface area contributed by atoms with Crippen LogP contribution in [-0.2, 0) is 5.41 Å². The molecule has 1 N–H and O–H groups in total. The number of halogens is 1. The van der Waals surface area contributed by atoms with Gasteiger partial charge in [0, 0.05) is 23.4 Å². The Labute approximate surface area is 120 Å². The van der Waals surface area contributed by atoms with Crippen LogP contribution >= 0.6 is 11.6 Å². The van der Waals surface area contributed by atoms with Crippen LogP contribution in [0, 0.1) is 5.41 Å². The summed E-state index contributed by atoms with van der Waals surface area (Å²) in [5, 5.41) is 3.04. The number of benzene rings is 1. The van der Waals surface area contributed by atoms with Crippen LogP contribution in [0.1, 0.15) is 49.5 Å². The fourth-order valence-corrected chi connectivity index (χ4v) is 2.59. The second kappa shape index (κ2) is 5.16. The summed E-state index contributed by atoms with van der Waals surface area (Å²) in [6.07, 6.45) is 2.25. The van der Waals surface area contributed by atoms with Gasteiger partial charge in [0.1, 0.15) is 0 Å². The van der Waals surface area contributed by atoms with Crippen molar-refractivity contribution >= 4 is 17.5 Å². The number of carbonyl (C=O) groups is 1.